The minimum absolute atomic E-state index is 0.0624. The number of rotatable bonds is 10. The maximum absolute atomic E-state index is 14.2. The molecule has 214 valence electrons. The molecule has 0 unspecified atom stereocenters. The number of methoxy groups -OCH3 is 2. The summed E-state index contributed by atoms with van der Waals surface area (Å²) in [4.78, 5) is 31.6. The van der Waals surface area contributed by atoms with Crippen molar-refractivity contribution in [3.8, 4) is 22.9 Å². The number of halogens is 1. The predicted molar refractivity (Wildman–Crippen MR) is 157 cm³/mol. The van der Waals surface area contributed by atoms with Gasteiger partial charge in [-0.2, -0.15) is 4.80 Å². The fraction of sp³-hybridized carbons (Fsp3) is 0.345. The van der Waals surface area contributed by atoms with Crippen molar-refractivity contribution in [3.05, 3.63) is 69.9 Å². The normalized spacial score (nSPS) is 14.3. The Morgan fingerprint density at radius 1 is 1.10 bits per heavy atom. The van der Waals surface area contributed by atoms with E-state index in [0.717, 1.165) is 37.0 Å². The largest absolute Gasteiger partial charge is 0.497 e. The van der Waals surface area contributed by atoms with Crippen molar-refractivity contribution in [1.82, 2.24) is 25.5 Å². The third kappa shape index (κ3) is 6.68. The molecule has 10 nitrogen and oxygen atoms in total. The fourth-order valence-electron chi connectivity index (χ4n) is 4.97. The molecule has 0 radical (unpaired) electrons. The molecule has 41 heavy (non-hydrogen) atoms. The summed E-state index contributed by atoms with van der Waals surface area (Å²) in [7, 11) is 3.07. The van der Waals surface area contributed by atoms with Gasteiger partial charge in [0.2, 0.25) is 11.7 Å². The van der Waals surface area contributed by atoms with Crippen LogP contribution in [0, 0.1) is 0 Å². The topological polar surface area (TPSA) is 111 Å². The van der Waals surface area contributed by atoms with Gasteiger partial charge >= 0.3 is 0 Å². The zero-order valence-electron chi connectivity index (χ0n) is 22.8. The third-order valence-electron chi connectivity index (χ3n) is 7.02. The molecule has 1 N–H and O–H groups in total. The summed E-state index contributed by atoms with van der Waals surface area (Å²) >= 11 is 7.42. The van der Waals surface area contributed by atoms with E-state index < -0.39 is 11.9 Å². The van der Waals surface area contributed by atoms with Crippen molar-refractivity contribution in [2.75, 3.05) is 19.1 Å². The molecular formula is C29H31ClN6O4S. The van der Waals surface area contributed by atoms with Crippen molar-refractivity contribution in [1.29, 1.82) is 0 Å². The van der Waals surface area contributed by atoms with Gasteiger partial charge in [-0.1, -0.05) is 36.9 Å². The molecule has 1 saturated carbocycles. The summed E-state index contributed by atoms with van der Waals surface area (Å²) in [6, 6.07) is 15.0. The first-order chi connectivity index (χ1) is 20.0. The second-order valence-corrected chi connectivity index (χ2v) is 11.1. The van der Waals surface area contributed by atoms with Crippen LogP contribution in [0.2, 0.25) is 5.02 Å². The molecule has 4 aromatic rings. The van der Waals surface area contributed by atoms with Gasteiger partial charge in [0.1, 0.15) is 24.1 Å². The van der Waals surface area contributed by atoms with Crippen LogP contribution in [0.1, 0.15) is 43.0 Å². The average Bonchev–Trinajstić information content (AvgIpc) is 3.69. The van der Waals surface area contributed by atoms with Gasteiger partial charge in [-0.25, -0.2) is 0 Å². The molecule has 1 aliphatic rings. The lowest BCUT2D eigenvalue weighted by molar-refractivity contribution is -0.127. The van der Waals surface area contributed by atoms with Crippen molar-refractivity contribution < 1.29 is 19.1 Å². The van der Waals surface area contributed by atoms with Crippen LogP contribution in [0.4, 0.5) is 5.69 Å². The molecule has 2 heterocycles. The number of tetrazole rings is 1. The van der Waals surface area contributed by atoms with Gasteiger partial charge < -0.3 is 14.8 Å². The monoisotopic (exact) mass is 594 g/mol. The summed E-state index contributed by atoms with van der Waals surface area (Å²) < 4.78 is 11.1. The van der Waals surface area contributed by atoms with Gasteiger partial charge in [0, 0.05) is 27.6 Å². The number of aromatic nitrogens is 4. The third-order valence-corrected chi connectivity index (χ3v) is 8.19. The zero-order chi connectivity index (χ0) is 28.8. The Kier molecular flexibility index (Phi) is 9.15. The van der Waals surface area contributed by atoms with Crippen LogP contribution in [-0.4, -0.2) is 52.3 Å². The molecule has 2 amide bonds. The van der Waals surface area contributed by atoms with E-state index in [-0.39, 0.29) is 18.5 Å². The van der Waals surface area contributed by atoms with E-state index in [9.17, 15) is 9.59 Å². The predicted octanol–water partition coefficient (Wildman–Crippen LogP) is 5.30. The van der Waals surface area contributed by atoms with Gasteiger partial charge in [0.05, 0.1) is 19.9 Å². The first-order valence-corrected chi connectivity index (χ1v) is 14.6. The molecule has 1 atom stereocenters. The number of thiophene rings is 1. The second kappa shape index (κ2) is 13.1. The summed E-state index contributed by atoms with van der Waals surface area (Å²) in [6.45, 7) is -0.256. The summed E-state index contributed by atoms with van der Waals surface area (Å²) in [5, 5.41) is 18.3. The highest BCUT2D eigenvalue weighted by atomic mass is 35.5. The van der Waals surface area contributed by atoms with Crippen molar-refractivity contribution >= 4 is 40.4 Å². The highest BCUT2D eigenvalue weighted by Crippen LogP contribution is 2.39. The minimum atomic E-state index is -0.939. The zero-order valence-corrected chi connectivity index (χ0v) is 24.4. The van der Waals surface area contributed by atoms with E-state index in [1.54, 1.807) is 49.6 Å². The Morgan fingerprint density at radius 2 is 1.88 bits per heavy atom. The Hall–Kier alpha value is -3.96. The van der Waals surface area contributed by atoms with Gasteiger partial charge in [-0.3, -0.25) is 14.5 Å². The molecule has 0 aliphatic heterocycles. The number of nitrogens with one attached hydrogen (secondary N) is 1. The van der Waals surface area contributed by atoms with E-state index in [0.29, 0.717) is 33.6 Å². The molecule has 0 bridgehead atoms. The van der Waals surface area contributed by atoms with Crippen LogP contribution in [-0.2, 0) is 16.1 Å². The number of hydrogen-bond donors (Lipinski definition) is 1. The Morgan fingerprint density at radius 3 is 2.56 bits per heavy atom. The second-order valence-electron chi connectivity index (χ2n) is 9.71. The molecule has 1 fully saturated rings. The molecule has 5 rings (SSSR count). The van der Waals surface area contributed by atoms with E-state index in [4.69, 9.17) is 21.1 Å². The van der Waals surface area contributed by atoms with Crippen LogP contribution in [0.3, 0.4) is 0 Å². The van der Waals surface area contributed by atoms with E-state index in [1.807, 2.05) is 17.5 Å². The van der Waals surface area contributed by atoms with Crippen molar-refractivity contribution in [3.63, 3.8) is 0 Å². The molecule has 0 spiro atoms. The molecule has 1 aliphatic carbocycles. The maximum Gasteiger partial charge on any atom is 0.251 e. The van der Waals surface area contributed by atoms with E-state index >= 15 is 0 Å². The van der Waals surface area contributed by atoms with Crippen LogP contribution in [0.25, 0.3) is 11.4 Å². The number of benzene rings is 2. The molecule has 2 aromatic heterocycles. The number of carbonyl (C=O) groups is 2. The molecule has 2 aromatic carbocycles. The van der Waals surface area contributed by atoms with Gasteiger partial charge in [0.25, 0.3) is 5.91 Å². The standard InChI is InChI=1S/C29H31ClN6O4S/c1-39-22-14-15-23(24(17-22)40-2)36(26(37)18-35-33-28(32-34-35)19-10-12-20(30)13-11-19)27(25-9-6-16-41-25)29(38)31-21-7-4-3-5-8-21/h6,9-17,21,27H,3-5,7-8,18H2,1-2H3,(H,31,38)/t27-/m0/s1. The SMILES string of the molecule is COc1ccc(N(C(=O)Cn2nnc(-c3ccc(Cl)cc3)n2)[C@H](C(=O)NC2CCCCC2)c2cccs2)c(OC)c1. The van der Waals surface area contributed by atoms with Crippen molar-refractivity contribution in [2.24, 2.45) is 0 Å². The quantitative estimate of drug-likeness (QED) is 0.265. The highest BCUT2D eigenvalue weighted by Gasteiger charge is 2.36. The summed E-state index contributed by atoms with van der Waals surface area (Å²) in [5.74, 6) is 0.638. The van der Waals surface area contributed by atoms with E-state index in [1.165, 1.54) is 28.1 Å². The Balaban J connectivity index is 1.52. The number of nitrogens with zero attached hydrogens (tertiary/aromatic N) is 5. The minimum Gasteiger partial charge on any atom is -0.497 e. The van der Waals surface area contributed by atoms with E-state index in [2.05, 4.69) is 20.7 Å². The molecule has 12 heteroatoms. The highest BCUT2D eigenvalue weighted by molar-refractivity contribution is 7.10. The van der Waals surface area contributed by atoms with Crippen LogP contribution in [0.5, 0.6) is 11.5 Å². The first kappa shape index (κ1) is 28.6. The number of ether oxygens (including phenoxy) is 2. The lowest BCUT2D eigenvalue weighted by Crippen LogP contribution is -2.48. The van der Waals surface area contributed by atoms with Gasteiger partial charge in [-0.15, -0.1) is 21.5 Å². The number of anilines is 1. The average molecular weight is 595 g/mol. The molecular weight excluding hydrogens is 564 g/mol. The fourth-order valence-corrected chi connectivity index (χ4v) is 5.91. The summed E-state index contributed by atoms with van der Waals surface area (Å²) in [6.07, 6.45) is 5.13. The Bertz CT molecular complexity index is 1470. The van der Waals surface area contributed by atoms with Crippen LogP contribution < -0.4 is 19.7 Å². The number of carbonyl (C=O) groups excluding carboxylic acids is 2. The van der Waals surface area contributed by atoms with Gasteiger partial charge in [0.15, 0.2) is 0 Å². The van der Waals surface area contributed by atoms with Crippen LogP contribution in [0.15, 0.2) is 60.0 Å². The summed E-state index contributed by atoms with van der Waals surface area (Å²) in [5.41, 5.74) is 1.14. The number of amides is 2. The van der Waals surface area contributed by atoms with Crippen LogP contribution >= 0.6 is 22.9 Å². The van der Waals surface area contributed by atoms with Gasteiger partial charge in [-0.05, 0) is 65.9 Å². The number of hydrogen-bond acceptors (Lipinski definition) is 8. The molecule has 0 saturated heterocycles. The Labute approximate surface area is 247 Å². The smallest absolute Gasteiger partial charge is 0.251 e. The maximum atomic E-state index is 14.2. The van der Waals surface area contributed by atoms with Crippen molar-refractivity contribution in [2.45, 2.75) is 50.7 Å². The lowest BCUT2D eigenvalue weighted by Gasteiger charge is -2.33. The lowest BCUT2D eigenvalue weighted by atomic mass is 9.95. The first-order valence-electron chi connectivity index (χ1n) is 13.4.